The number of fused-ring (bicyclic) bond motifs is 4. The van der Waals surface area contributed by atoms with Crippen molar-refractivity contribution in [3.8, 4) is 22.4 Å². The lowest BCUT2D eigenvalue weighted by molar-refractivity contribution is 0.382. The molecule has 0 radical (unpaired) electrons. The maximum absolute atomic E-state index is 5.29. The van der Waals surface area contributed by atoms with Gasteiger partial charge >= 0.3 is 0 Å². The first-order valence-corrected chi connectivity index (χ1v) is 14.5. The van der Waals surface area contributed by atoms with E-state index < -0.39 is 0 Å². The molecule has 0 fully saturated rings. The van der Waals surface area contributed by atoms with Crippen molar-refractivity contribution in [2.75, 3.05) is 7.05 Å². The van der Waals surface area contributed by atoms with Crippen LogP contribution in [0.25, 0.3) is 33.3 Å². The zero-order valence-corrected chi connectivity index (χ0v) is 24.1. The molecule has 2 aliphatic rings. The van der Waals surface area contributed by atoms with Gasteiger partial charge < -0.3 is 4.90 Å². The molecule has 7 rings (SSSR count). The van der Waals surface area contributed by atoms with Gasteiger partial charge in [0.05, 0.1) is 11.2 Å². The van der Waals surface area contributed by atoms with Gasteiger partial charge in [0.1, 0.15) is 12.0 Å². The number of rotatable bonds is 5. The van der Waals surface area contributed by atoms with Gasteiger partial charge in [-0.1, -0.05) is 103 Å². The summed E-state index contributed by atoms with van der Waals surface area (Å²) in [5.74, 6) is 1.68. The van der Waals surface area contributed by atoms with Crippen molar-refractivity contribution in [3.63, 3.8) is 0 Å². The third-order valence-corrected chi connectivity index (χ3v) is 8.22. The molecular formula is C38H32N4. The highest BCUT2D eigenvalue weighted by atomic mass is 15.3. The Morgan fingerprint density at radius 1 is 0.810 bits per heavy atom. The molecule has 0 saturated heterocycles. The first-order chi connectivity index (χ1) is 20.6. The number of hydrogen-bond acceptors (Lipinski definition) is 4. The lowest BCUT2D eigenvalue weighted by Crippen LogP contribution is -2.36. The molecule has 0 spiro atoms. The fourth-order valence-corrected chi connectivity index (χ4v) is 6.13. The number of aromatic nitrogens is 1. The van der Waals surface area contributed by atoms with Crippen LogP contribution in [0.4, 0.5) is 0 Å². The van der Waals surface area contributed by atoms with Crippen molar-refractivity contribution in [1.82, 2.24) is 9.88 Å². The summed E-state index contributed by atoms with van der Waals surface area (Å²) < 4.78 is 0. The number of aliphatic imine (C=N–C) groups is 2. The molecule has 0 bridgehead atoms. The van der Waals surface area contributed by atoms with Gasteiger partial charge in [0.25, 0.3) is 0 Å². The van der Waals surface area contributed by atoms with Crippen LogP contribution in [0.1, 0.15) is 42.3 Å². The van der Waals surface area contributed by atoms with Gasteiger partial charge in [-0.2, -0.15) is 0 Å². The zero-order valence-electron chi connectivity index (χ0n) is 24.1. The molecule has 0 amide bonds. The van der Waals surface area contributed by atoms with Crippen molar-refractivity contribution >= 4 is 22.6 Å². The minimum absolute atomic E-state index is 0.182. The number of benzene rings is 4. The average molecular weight is 545 g/mol. The summed E-state index contributed by atoms with van der Waals surface area (Å²) in [5, 5.41) is 1.15. The van der Waals surface area contributed by atoms with Crippen molar-refractivity contribution in [1.29, 1.82) is 0 Å². The lowest BCUT2D eigenvalue weighted by atomic mass is 9.96. The zero-order chi connectivity index (χ0) is 28.6. The number of allylic oxidation sites excluding steroid dienone is 2. The van der Waals surface area contributed by atoms with E-state index in [2.05, 4.69) is 128 Å². The minimum atomic E-state index is -0.182. The monoisotopic (exact) mass is 544 g/mol. The van der Waals surface area contributed by atoms with Gasteiger partial charge in [-0.3, -0.25) is 0 Å². The summed E-state index contributed by atoms with van der Waals surface area (Å²) in [6.07, 6.45) is 7.02. The number of para-hydroxylation sites is 1. The van der Waals surface area contributed by atoms with Crippen molar-refractivity contribution in [2.45, 2.75) is 26.4 Å². The predicted molar refractivity (Wildman–Crippen MR) is 175 cm³/mol. The van der Waals surface area contributed by atoms with E-state index in [9.17, 15) is 0 Å². The molecule has 4 aromatic carbocycles. The van der Waals surface area contributed by atoms with E-state index in [0.717, 1.165) is 57.0 Å². The van der Waals surface area contributed by atoms with Gasteiger partial charge in [-0.15, -0.1) is 0 Å². The maximum Gasteiger partial charge on any atom is 0.160 e. The fraction of sp³-hybridized carbons (Fsp3) is 0.132. The van der Waals surface area contributed by atoms with E-state index in [0.29, 0.717) is 0 Å². The standard InChI is InChI=1S/C38H32N4/c1-4-12-25(5-2)37-40-36(41-38(42(37)3)27-14-7-6-8-15-27)31-17-11-16-30-23-28-19-20-29(24-32(28)35(30)31)34-22-21-26-13-9-10-18-33(26)39-34/h4-22,24,38H,23H2,1-3H3/b12-4-,25-5+. The molecule has 1 aromatic heterocycles. The second-order valence-corrected chi connectivity index (χ2v) is 10.8. The fourth-order valence-electron chi connectivity index (χ4n) is 6.13. The van der Waals surface area contributed by atoms with Gasteiger partial charge in [-0.25, -0.2) is 15.0 Å². The number of likely N-dealkylation sites (N-methyl/N-ethyl adjacent to an activating group) is 1. The summed E-state index contributed by atoms with van der Waals surface area (Å²) in [4.78, 5) is 17.7. The van der Waals surface area contributed by atoms with Crippen LogP contribution >= 0.6 is 0 Å². The van der Waals surface area contributed by atoms with Crippen LogP contribution in [-0.4, -0.2) is 28.6 Å². The summed E-state index contributed by atoms with van der Waals surface area (Å²) in [6, 6.07) is 36.3. The Bertz CT molecular complexity index is 1950. The maximum atomic E-state index is 5.29. The molecule has 42 heavy (non-hydrogen) atoms. The van der Waals surface area contributed by atoms with E-state index in [1.165, 1.54) is 22.3 Å². The van der Waals surface area contributed by atoms with E-state index >= 15 is 0 Å². The van der Waals surface area contributed by atoms with Crippen molar-refractivity contribution < 1.29 is 0 Å². The van der Waals surface area contributed by atoms with Crippen LogP contribution < -0.4 is 0 Å². The average Bonchev–Trinajstić information content (AvgIpc) is 3.42. The van der Waals surface area contributed by atoms with E-state index in [4.69, 9.17) is 15.0 Å². The highest BCUT2D eigenvalue weighted by molar-refractivity contribution is 6.16. The van der Waals surface area contributed by atoms with Gasteiger partial charge in [0, 0.05) is 29.1 Å². The molecule has 1 aliphatic heterocycles. The molecule has 1 aliphatic carbocycles. The number of nitrogens with zero attached hydrogens (tertiary/aromatic N) is 4. The Hall–Kier alpha value is -5.09. The van der Waals surface area contributed by atoms with Crippen molar-refractivity contribution in [3.05, 3.63) is 149 Å². The molecule has 2 heterocycles. The second kappa shape index (κ2) is 10.7. The van der Waals surface area contributed by atoms with E-state index in [-0.39, 0.29) is 6.17 Å². The van der Waals surface area contributed by atoms with Crippen molar-refractivity contribution in [2.24, 2.45) is 9.98 Å². The third kappa shape index (κ3) is 4.46. The molecule has 1 atom stereocenters. The van der Waals surface area contributed by atoms with Crippen LogP contribution in [0.2, 0.25) is 0 Å². The number of amidine groups is 2. The van der Waals surface area contributed by atoms with Gasteiger partial charge in [-0.05, 0) is 66.3 Å². The van der Waals surface area contributed by atoms with E-state index in [1.54, 1.807) is 0 Å². The molecule has 0 N–H and O–H groups in total. The molecule has 204 valence electrons. The largest absolute Gasteiger partial charge is 0.333 e. The molecule has 4 nitrogen and oxygen atoms in total. The second-order valence-electron chi connectivity index (χ2n) is 10.8. The minimum Gasteiger partial charge on any atom is -0.333 e. The molecular weight excluding hydrogens is 512 g/mol. The Labute approximate surface area is 247 Å². The van der Waals surface area contributed by atoms with Crippen LogP contribution in [0, 0.1) is 0 Å². The lowest BCUT2D eigenvalue weighted by Gasteiger charge is -2.33. The molecule has 1 unspecified atom stereocenters. The molecule has 0 saturated carbocycles. The SMILES string of the molecule is C/C=C\C(=C/C)C1=NC(c2cccc3c2-c2cc(-c4ccc5ccccc5n4)ccc2C3)=NC(c2ccccc2)N1C. The van der Waals surface area contributed by atoms with Crippen LogP contribution in [-0.2, 0) is 6.42 Å². The first-order valence-electron chi connectivity index (χ1n) is 14.5. The first kappa shape index (κ1) is 25.8. The highest BCUT2D eigenvalue weighted by Crippen LogP contribution is 2.42. The number of hydrogen-bond donors (Lipinski definition) is 0. The smallest absolute Gasteiger partial charge is 0.160 e. The molecule has 5 aromatic rings. The normalized spacial score (nSPS) is 16.4. The quantitative estimate of drug-likeness (QED) is 0.204. The van der Waals surface area contributed by atoms with Gasteiger partial charge in [0.2, 0.25) is 0 Å². The summed E-state index contributed by atoms with van der Waals surface area (Å²) >= 11 is 0. The summed E-state index contributed by atoms with van der Waals surface area (Å²) in [7, 11) is 2.08. The highest BCUT2D eigenvalue weighted by Gasteiger charge is 2.30. The van der Waals surface area contributed by atoms with Crippen LogP contribution in [0.3, 0.4) is 0 Å². The van der Waals surface area contributed by atoms with E-state index in [1.807, 2.05) is 19.1 Å². The summed E-state index contributed by atoms with van der Waals surface area (Å²) in [6.45, 7) is 4.10. The Balaban J connectivity index is 1.38. The molecule has 4 heteroatoms. The Morgan fingerprint density at radius 3 is 2.48 bits per heavy atom. The predicted octanol–water partition coefficient (Wildman–Crippen LogP) is 8.78. The van der Waals surface area contributed by atoms with Gasteiger partial charge in [0.15, 0.2) is 5.84 Å². The summed E-state index contributed by atoms with van der Waals surface area (Å²) in [5.41, 5.74) is 11.5. The number of pyridine rings is 1. The third-order valence-electron chi connectivity index (χ3n) is 8.22. The topological polar surface area (TPSA) is 40.9 Å². The Kier molecular flexibility index (Phi) is 6.59. The Morgan fingerprint density at radius 2 is 1.64 bits per heavy atom. The van der Waals surface area contributed by atoms with Crippen LogP contribution in [0.5, 0.6) is 0 Å². The van der Waals surface area contributed by atoms with Crippen LogP contribution in [0.15, 0.2) is 137 Å².